The average Bonchev–Trinajstić information content (AvgIpc) is 2.74. The molecule has 2 aromatic heterocycles. The second-order valence-electron chi connectivity index (χ2n) is 7.22. The fourth-order valence-electron chi connectivity index (χ4n) is 2.81. The Morgan fingerprint density at radius 2 is 1.88 bits per heavy atom. The lowest BCUT2D eigenvalue weighted by molar-refractivity contribution is 0.185. The maximum Gasteiger partial charge on any atom is 0.332 e. The Kier molecular flexibility index (Phi) is 8.09. The Bertz CT molecular complexity index is 1130. The highest BCUT2D eigenvalue weighted by atomic mass is 32.1. The molecule has 1 aromatic carbocycles. The van der Waals surface area contributed by atoms with Crippen LogP contribution in [0.5, 0.6) is 0 Å². The summed E-state index contributed by atoms with van der Waals surface area (Å²) in [7, 11) is -3.69. The van der Waals surface area contributed by atoms with Crippen molar-refractivity contribution in [1.29, 1.82) is 0 Å². The molecule has 170 valence electrons. The summed E-state index contributed by atoms with van der Waals surface area (Å²) in [5.74, 6) is 1.10. The van der Waals surface area contributed by atoms with Gasteiger partial charge in [-0.15, -0.1) is 0 Å². The zero-order valence-corrected chi connectivity index (χ0v) is 19.9. The summed E-state index contributed by atoms with van der Waals surface area (Å²) >= 11 is 5.19. The molecule has 9 nitrogen and oxygen atoms in total. The number of anilines is 3. The highest BCUT2D eigenvalue weighted by molar-refractivity contribution is 7.80. The van der Waals surface area contributed by atoms with Gasteiger partial charge in [-0.1, -0.05) is 19.1 Å². The third-order valence-corrected chi connectivity index (χ3v) is 6.21. The average molecular weight is 475 g/mol. The smallest absolute Gasteiger partial charge is 0.332 e. The number of hydrogen-bond acceptors (Lipinski definition) is 7. The number of pyridine rings is 1. The molecule has 0 aliphatic rings. The molecule has 0 bridgehead atoms. The minimum absolute atomic E-state index is 0.0398. The first kappa shape index (κ1) is 24.0. The van der Waals surface area contributed by atoms with Crippen molar-refractivity contribution in [2.75, 3.05) is 17.2 Å². The predicted octanol–water partition coefficient (Wildman–Crippen LogP) is 4.58. The van der Waals surface area contributed by atoms with Gasteiger partial charge in [0, 0.05) is 12.2 Å². The monoisotopic (exact) mass is 474 g/mol. The van der Waals surface area contributed by atoms with Crippen LogP contribution in [0.15, 0.2) is 42.6 Å². The largest absolute Gasteiger partial charge is 0.363 e. The van der Waals surface area contributed by atoms with Crippen LogP contribution in [0.3, 0.4) is 0 Å². The van der Waals surface area contributed by atoms with Crippen molar-refractivity contribution in [2.24, 2.45) is 0 Å². The summed E-state index contributed by atoms with van der Waals surface area (Å²) in [5.41, 5.74) is 2.61. The molecule has 4 N–H and O–H groups in total. The van der Waals surface area contributed by atoms with E-state index in [2.05, 4.69) is 30.9 Å². The Morgan fingerprint density at radius 1 is 1.16 bits per heavy atom. The number of nitrogens with zero attached hydrogens (tertiary/aromatic N) is 3. The number of benzene rings is 1. The molecule has 2 atom stereocenters. The van der Waals surface area contributed by atoms with Crippen LogP contribution in [0.1, 0.15) is 32.8 Å². The van der Waals surface area contributed by atoms with Gasteiger partial charge in [-0.05, 0) is 62.3 Å². The van der Waals surface area contributed by atoms with Gasteiger partial charge < -0.3 is 25.4 Å². The number of aromatic nitrogens is 3. The molecule has 2 unspecified atom stereocenters. The molecule has 11 heteroatoms. The van der Waals surface area contributed by atoms with Gasteiger partial charge in [-0.3, -0.25) is 4.57 Å². The van der Waals surface area contributed by atoms with E-state index in [0.29, 0.717) is 46.4 Å². The van der Waals surface area contributed by atoms with E-state index in [1.165, 1.54) is 0 Å². The third kappa shape index (κ3) is 6.93. The minimum Gasteiger partial charge on any atom is -0.363 e. The van der Waals surface area contributed by atoms with E-state index < -0.39 is 7.60 Å². The van der Waals surface area contributed by atoms with Gasteiger partial charge in [0.25, 0.3) is 0 Å². The van der Waals surface area contributed by atoms with Crippen LogP contribution < -0.4 is 16.0 Å². The van der Waals surface area contributed by atoms with Crippen molar-refractivity contribution in [3.05, 3.63) is 48.2 Å². The van der Waals surface area contributed by atoms with E-state index in [1.807, 2.05) is 32.0 Å². The van der Waals surface area contributed by atoms with Crippen LogP contribution in [0.25, 0.3) is 11.2 Å². The number of rotatable bonds is 9. The third-order valence-electron chi connectivity index (χ3n) is 4.51. The van der Waals surface area contributed by atoms with E-state index in [-0.39, 0.29) is 12.3 Å². The number of fused-ring (bicyclic) bond motifs is 1. The number of thiocarbonyl (C=S) groups is 1. The van der Waals surface area contributed by atoms with Crippen molar-refractivity contribution in [1.82, 2.24) is 20.3 Å². The first-order valence-corrected chi connectivity index (χ1v) is 12.5. The van der Waals surface area contributed by atoms with Crippen molar-refractivity contribution < 1.29 is 14.0 Å². The van der Waals surface area contributed by atoms with Crippen LogP contribution >= 0.6 is 19.8 Å². The summed E-state index contributed by atoms with van der Waals surface area (Å²) in [6.45, 7) is 6.37. The van der Waals surface area contributed by atoms with Gasteiger partial charge in [0.05, 0.1) is 18.5 Å². The zero-order valence-electron chi connectivity index (χ0n) is 18.2. The quantitative estimate of drug-likeness (QED) is 0.259. The molecular weight excluding hydrogens is 447 g/mol. The Hall–Kier alpha value is -2.65. The molecule has 0 aliphatic carbocycles. The molecular formula is C21H27N6O3PS. The Balaban J connectivity index is 1.69. The molecule has 0 saturated carbocycles. The highest BCUT2D eigenvalue weighted by Crippen LogP contribution is 2.47. The summed E-state index contributed by atoms with van der Waals surface area (Å²) < 4.78 is 17.5. The Morgan fingerprint density at radius 3 is 2.56 bits per heavy atom. The lowest BCUT2D eigenvalue weighted by Gasteiger charge is -2.17. The molecule has 0 amide bonds. The molecule has 0 aliphatic heterocycles. The fraction of sp³-hybridized carbons (Fsp3) is 0.333. The van der Waals surface area contributed by atoms with Gasteiger partial charge in [-0.25, -0.2) is 15.0 Å². The van der Waals surface area contributed by atoms with Gasteiger partial charge in [-0.2, -0.15) is 0 Å². The maximum atomic E-state index is 12.3. The second-order valence-corrected chi connectivity index (χ2v) is 9.43. The van der Waals surface area contributed by atoms with E-state index in [1.54, 1.807) is 31.3 Å². The molecule has 2 heterocycles. The van der Waals surface area contributed by atoms with E-state index in [9.17, 15) is 9.46 Å². The first-order valence-electron chi connectivity index (χ1n) is 10.3. The maximum absolute atomic E-state index is 12.3. The van der Waals surface area contributed by atoms with Crippen LogP contribution in [0.4, 0.5) is 17.3 Å². The first-order chi connectivity index (χ1) is 15.3. The number of hydrogen-bond donors (Lipinski definition) is 4. The van der Waals surface area contributed by atoms with Crippen molar-refractivity contribution in [3.8, 4) is 0 Å². The SMILES string of the molecule is CCNC(=S)Nc1ccc2ncc(Nc3ccc(CP(=O)(O)OC(C)CC)cc3)nc2n1. The molecule has 3 rings (SSSR count). The van der Waals surface area contributed by atoms with Crippen molar-refractivity contribution in [3.63, 3.8) is 0 Å². The van der Waals surface area contributed by atoms with Gasteiger partial charge >= 0.3 is 7.60 Å². The van der Waals surface area contributed by atoms with Crippen LogP contribution in [0.2, 0.25) is 0 Å². The van der Waals surface area contributed by atoms with Crippen molar-refractivity contribution >= 4 is 53.4 Å². The fourth-order valence-corrected chi connectivity index (χ4v) is 4.52. The van der Waals surface area contributed by atoms with Crippen LogP contribution in [-0.4, -0.2) is 37.6 Å². The lowest BCUT2D eigenvalue weighted by Crippen LogP contribution is -2.28. The molecule has 3 aromatic rings. The van der Waals surface area contributed by atoms with Gasteiger partial charge in [0.2, 0.25) is 0 Å². The minimum atomic E-state index is -3.69. The topological polar surface area (TPSA) is 121 Å². The summed E-state index contributed by atoms with van der Waals surface area (Å²) in [5, 5.41) is 9.68. The van der Waals surface area contributed by atoms with E-state index >= 15 is 0 Å². The molecule has 0 spiro atoms. The summed E-state index contributed by atoms with van der Waals surface area (Å²) in [6.07, 6.45) is 1.99. The number of nitrogens with one attached hydrogen (secondary N) is 3. The van der Waals surface area contributed by atoms with E-state index in [0.717, 1.165) is 5.69 Å². The molecule has 32 heavy (non-hydrogen) atoms. The normalized spacial score (nSPS) is 13.9. The van der Waals surface area contributed by atoms with Crippen molar-refractivity contribution in [2.45, 2.75) is 39.5 Å². The summed E-state index contributed by atoms with van der Waals surface area (Å²) in [4.78, 5) is 23.4. The van der Waals surface area contributed by atoms with E-state index in [4.69, 9.17) is 16.7 Å². The zero-order chi connectivity index (χ0) is 23.1. The molecule has 0 fully saturated rings. The van der Waals surface area contributed by atoms with Gasteiger partial charge in [0.15, 0.2) is 16.6 Å². The lowest BCUT2D eigenvalue weighted by atomic mass is 10.2. The standard InChI is InChI=1S/C21H27N6O3PS/c1-4-14(3)30-31(28,29)13-15-6-8-16(9-7-15)24-19-12-23-17-10-11-18(25-20(17)26-19)27-21(32)22-5-2/h6-12,14H,4-5,13H2,1-3H3,(H,28,29)(H3,22,24,25,26,27,32). The second kappa shape index (κ2) is 10.8. The van der Waals surface area contributed by atoms with Gasteiger partial charge in [0.1, 0.15) is 11.3 Å². The Labute approximate surface area is 192 Å². The summed E-state index contributed by atoms with van der Waals surface area (Å²) in [6, 6.07) is 10.8. The van der Waals surface area contributed by atoms with Crippen LogP contribution in [0, 0.1) is 0 Å². The van der Waals surface area contributed by atoms with Crippen LogP contribution in [-0.2, 0) is 15.3 Å². The molecule has 0 saturated heterocycles. The molecule has 0 radical (unpaired) electrons. The highest BCUT2D eigenvalue weighted by Gasteiger charge is 2.22. The predicted molar refractivity (Wildman–Crippen MR) is 131 cm³/mol.